The number of benzene rings is 2. The van der Waals surface area contributed by atoms with Crippen molar-refractivity contribution in [1.29, 1.82) is 0 Å². The Morgan fingerprint density at radius 1 is 1.04 bits per heavy atom. The van der Waals surface area contributed by atoms with E-state index < -0.39 is 5.60 Å². The molecule has 2 aromatic carbocycles. The van der Waals surface area contributed by atoms with E-state index >= 15 is 0 Å². The van der Waals surface area contributed by atoms with Crippen LogP contribution in [0.4, 0.5) is 4.79 Å². The van der Waals surface area contributed by atoms with E-state index in [2.05, 4.69) is 53.8 Å². The largest absolute Gasteiger partial charge is 0.444 e. The third kappa shape index (κ3) is 4.44. The Labute approximate surface area is 156 Å². The first-order valence-corrected chi connectivity index (χ1v) is 9.26. The van der Waals surface area contributed by atoms with E-state index in [1.54, 1.807) is 0 Å². The van der Waals surface area contributed by atoms with Gasteiger partial charge in [-0.3, -0.25) is 0 Å². The highest BCUT2D eigenvalue weighted by molar-refractivity contribution is 5.69. The van der Waals surface area contributed by atoms with Crippen molar-refractivity contribution >= 4 is 6.09 Å². The van der Waals surface area contributed by atoms with Gasteiger partial charge in [0, 0.05) is 25.6 Å². The third-order valence-electron chi connectivity index (χ3n) is 4.61. The van der Waals surface area contributed by atoms with Crippen molar-refractivity contribution in [3.63, 3.8) is 0 Å². The number of nitrogens with one attached hydrogen (secondary N) is 1. The molecule has 4 heteroatoms. The van der Waals surface area contributed by atoms with Crippen molar-refractivity contribution in [1.82, 2.24) is 10.2 Å². The summed E-state index contributed by atoms with van der Waals surface area (Å²) in [4.78, 5) is 14.8. The van der Waals surface area contributed by atoms with Gasteiger partial charge >= 0.3 is 6.09 Å². The van der Waals surface area contributed by atoms with Crippen LogP contribution in [0.2, 0.25) is 0 Å². The molecule has 3 rings (SSSR count). The van der Waals surface area contributed by atoms with Crippen molar-refractivity contribution in [2.45, 2.75) is 38.3 Å². The fourth-order valence-corrected chi connectivity index (χ4v) is 3.53. The molecule has 1 aliphatic rings. The number of ether oxygens (including phenoxy) is 1. The lowest BCUT2D eigenvalue weighted by Crippen LogP contribution is -2.57. The zero-order valence-electron chi connectivity index (χ0n) is 15.8. The fourth-order valence-electron chi connectivity index (χ4n) is 3.53. The monoisotopic (exact) mass is 352 g/mol. The van der Waals surface area contributed by atoms with Gasteiger partial charge in [-0.1, -0.05) is 60.7 Å². The van der Waals surface area contributed by atoms with Crippen LogP contribution in [-0.2, 0) is 4.74 Å². The maximum atomic E-state index is 12.9. The molecule has 2 aromatic rings. The number of amides is 1. The van der Waals surface area contributed by atoms with Crippen LogP contribution in [0, 0.1) is 0 Å². The second-order valence-corrected chi connectivity index (χ2v) is 7.74. The third-order valence-corrected chi connectivity index (χ3v) is 4.61. The summed E-state index contributed by atoms with van der Waals surface area (Å²) in [6.45, 7) is 7.91. The van der Waals surface area contributed by atoms with E-state index in [0.717, 1.165) is 13.1 Å². The van der Waals surface area contributed by atoms with Crippen molar-refractivity contribution in [2.75, 3.05) is 19.6 Å². The summed E-state index contributed by atoms with van der Waals surface area (Å²) >= 11 is 0. The fraction of sp³-hybridized carbons (Fsp3) is 0.409. The molecule has 0 radical (unpaired) electrons. The number of nitrogens with zero attached hydrogens (tertiary/aromatic N) is 1. The minimum Gasteiger partial charge on any atom is -0.444 e. The Hall–Kier alpha value is -2.33. The van der Waals surface area contributed by atoms with Crippen molar-refractivity contribution in [3.05, 3.63) is 71.8 Å². The van der Waals surface area contributed by atoms with Gasteiger partial charge in [-0.25, -0.2) is 4.79 Å². The second-order valence-electron chi connectivity index (χ2n) is 7.74. The van der Waals surface area contributed by atoms with Gasteiger partial charge in [-0.2, -0.15) is 0 Å². The number of carbonyl (C=O) groups is 1. The molecule has 1 fully saturated rings. The molecule has 1 atom stereocenters. The van der Waals surface area contributed by atoms with Crippen LogP contribution in [0.5, 0.6) is 0 Å². The molecule has 0 saturated carbocycles. The quantitative estimate of drug-likeness (QED) is 0.907. The van der Waals surface area contributed by atoms with Crippen LogP contribution in [0.1, 0.15) is 37.8 Å². The summed E-state index contributed by atoms with van der Waals surface area (Å²) in [5.74, 6) is 0.0951. The van der Waals surface area contributed by atoms with E-state index in [-0.39, 0.29) is 18.1 Å². The minimum atomic E-state index is -0.499. The van der Waals surface area contributed by atoms with E-state index in [4.69, 9.17) is 4.74 Å². The molecule has 0 aliphatic carbocycles. The van der Waals surface area contributed by atoms with Crippen LogP contribution in [-0.4, -0.2) is 42.3 Å². The van der Waals surface area contributed by atoms with Gasteiger partial charge in [0.2, 0.25) is 0 Å². The summed E-state index contributed by atoms with van der Waals surface area (Å²) in [5, 5.41) is 3.45. The Morgan fingerprint density at radius 3 is 2.08 bits per heavy atom. The Morgan fingerprint density at radius 2 is 1.58 bits per heavy atom. The van der Waals surface area contributed by atoms with Crippen molar-refractivity contribution in [2.24, 2.45) is 0 Å². The Kier molecular flexibility index (Phi) is 5.62. The summed E-state index contributed by atoms with van der Waals surface area (Å²) in [7, 11) is 0. The van der Waals surface area contributed by atoms with Crippen LogP contribution >= 0.6 is 0 Å². The highest BCUT2D eigenvalue weighted by Crippen LogP contribution is 2.32. The molecule has 1 unspecified atom stereocenters. The van der Waals surface area contributed by atoms with Crippen LogP contribution in [0.3, 0.4) is 0 Å². The van der Waals surface area contributed by atoms with Crippen molar-refractivity contribution in [3.8, 4) is 0 Å². The summed E-state index contributed by atoms with van der Waals surface area (Å²) in [6.07, 6.45) is -0.235. The van der Waals surface area contributed by atoms with Gasteiger partial charge in [0.05, 0.1) is 6.04 Å². The van der Waals surface area contributed by atoms with Crippen LogP contribution < -0.4 is 5.32 Å². The topological polar surface area (TPSA) is 41.6 Å². The number of rotatable bonds is 3. The first kappa shape index (κ1) is 18.5. The number of hydrogen-bond acceptors (Lipinski definition) is 3. The molecule has 26 heavy (non-hydrogen) atoms. The molecule has 1 aliphatic heterocycles. The van der Waals surface area contributed by atoms with E-state index in [9.17, 15) is 4.79 Å². The molecule has 1 saturated heterocycles. The SMILES string of the molecule is CC(C)(C)OC(=O)N1CCNCC1C(c1ccccc1)c1ccccc1. The Bertz CT molecular complexity index is 670. The smallest absolute Gasteiger partial charge is 0.410 e. The minimum absolute atomic E-state index is 0.00315. The zero-order valence-corrected chi connectivity index (χ0v) is 15.8. The second kappa shape index (κ2) is 7.92. The standard InChI is InChI=1S/C22H28N2O2/c1-22(2,3)26-21(25)24-15-14-23-16-19(24)20(17-10-6-4-7-11-17)18-12-8-5-9-13-18/h4-13,19-20,23H,14-16H2,1-3H3. The molecule has 1 N–H and O–H groups in total. The van der Waals surface area contributed by atoms with Crippen LogP contribution in [0.25, 0.3) is 0 Å². The molecule has 0 bridgehead atoms. The van der Waals surface area contributed by atoms with E-state index in [1.165, 1.54) is 11.1 Å². The molecule has 4 nitrogen and oxygen atoms in total. The predicted octanol–water partition coefficient (Wildman–Crippen LogP) is 4.03. The lowest BCUT2D eigenvalue weighted by Gasteiger charge is -2.41. The van der Waals surface area contributed by atoms with Gasteiger partial charge in [0.15, 0.2) is 0 Å². The maximum absolute atomic E-state index is 12.9. The van der Waals surface area contributed by atoms with E-state index in [0.29, 0.717) is 6.54 Å². The maximum Gasteiger partial charge on any atom is 0.410 e. The molecular weight excluding hydrogens is 324 g/mol. The number of piperazine rings is 1. The summed E-state index contributed by atoms with van der Waals surface area (Å²) in [5.41, 5.74) is 1.92. The molecule has 0 spiro atoms. The Balaban J connectivity index is 1.97. The molecule has 1 amide bonds. The average Bonchev–Trinajstić information content (AvgIpc) is 2.63. The highest BCUT2D eigenvalue weighted by Gasteiger charge is 2.36. The average molecular weight is 352 g/mol. The van der Waals surface area contributed by atoms with Crippen LogP contribution in [0.15, 0.2) is 60.7 Å². The predicted molar refractivity (Wildman–Crippen MR) is 104 cm³/mol. The van der Waals surface area contributed by atoms with Crippen molar-refractivity contribution < 1.29 is 9.53 Å². The lowest BCUT2D eigenvalue weighted by atomic mass is 9.83. The molecular formula is C22H28N2O2. The normalized spacial score (nSPS) is 18.0. The van der Waals surface area contributed by atoms with Gasteiger partial charge < -0.3 is 15.0 Å². The van der Waals surface area contributed by atoms with Gasteiger partial charge in [0.25, 0.3) is 0 Å². The number of carbonyl (C=O) groups excluding carboxylic acids is 1. The first-order valence-electron chi connectivity index (χ1n) is 9.26. The number of hydrogen-bond donors (Lipinski definition) is 1. The lowest BCUT2D eigenvalue weighted by molar-refractivity contribution is 0.0103. The van der Waals surface area contributed by atoms with Gasteiger partial charge in [-0.05, 0) is 31.9 Å². The summed E-state index contributed by atoms with van der Waals surface area (Å²) in [6, 6.07) is 20.8. The molecule has 0 aromatic heterocycles. The van der Waals surface area contributed by atoms with E-state index in [1.807, 2.05) is 37.8 Å². The first-order chi connectivity index (χ1) is 12.5. The summed E-state index contributed by atoms with van der Waals surface area (Å²) < 4.78 is 5.69. The molecule has 138 valence electrons. The highest BCUT2D eigenvalue weighted by atomic mass is 16.6. The van der Waals surface area contributed by atoms with Gasteiger partial charge in [0.1, 0.15) is 5.60 Å². The van der Waals surface area contributed by atoms with Gasteiger partial charge in [-0.15, -0.1) is 0 Å². The zero-order chi connectivity index (χ0) is 18.6. The molecule has 1 heterocycles.